The van der Waals surface area contributed by atoms with Crippen LogP contribution in [0.15, 0.2) is 0 Å². The molecule has 1 N–H and O–H groups in total. The van der Waals surface area contributed by atoms with E-state index in [-0.39, 0.29) is 6.03 Å². The molecule has 120 valence electrons. The number of piperidine rings is 1. The van der Waals surface area contributed by atoms with Crippen molar-refractivity contribution in [3.63, 3.8) is 0 Å². The van der Waals surface area contributed by atoms with Gasteiger partial charge in [0.2, 0.25) is 0 Å². The smallest absolute Gasteiger partial charge is 0.329 e. The van der Waals surface area contributed by atoms with Gasteiger partial charge < -0.3 is 14.9 Å². The summed E-state index contributed by atoms with van der Waals surface area (Å²) in [6.45, 7) is 6.57. The molecule has 2 aliphatic heterocycles. The quantitative estimate of drug-likeness (QED) is 0.838. The lowest BCUT2D eigenvalue weighted by atomic mass is 9.88. The molecule has 6 heteroatoms. The average molecular weight is 297 g/mol. The lowest BCUT2D eigenvalue weighted by Crippen LogP contribution is -2.63. The van der Waals surface area contributed by atoms with Crippen LogP contribution in [0.5, 0.6) is 0 Å². The standard InChI is InChI=1S/C15H27N3O3/c1-4-12-11-17(10-9-16(12)3)14(21)18-8-6-5-7-15(18,2)13(19)20/h12H,4-11H2,1-3H3,(H,19,20). The maximum atomic E-state index is 12.8. The number of urea groups is 1. The van der Waals surface area contributed by atoms with Gasteiger partial charge in [-0.25, -0.2) is 9.59 Å². The van der Waals surface area contributed by atoms with Crippen LogP contribution in [-0.4, -0.2) is 76.6 Å². The molecule has 0 aromatic heterocycles. The molecular weight excluding hydrogens is 270 g/mol. The Morgan fingerprint density at radius 2 is 1.95 bits per heavy atom. The van der Waals surface area contributed by atoms with Gasteiger partial charge >= 0.3 is 12.0 Å². The molecule has 21 heavy (non-hydrogen) atoms. The van der Waals surface area contributed by atoms with Crippen molar-refractivity contribution in [2.45, 2.75) is 51.1 Å². The zero-order valence-corrected chi connectivity index (χ0v) is 13.3. The number of carbonyl (C=O) groups excluding carboxylic acids is 1. The SMILES string of the molecule is CCC1CN(C(=O)N2CCCCC2(C)C(=O)O)CCN1C. The summed E-state index contributed by atoms with van der Waals surface area (Å²) in [5.74, 6) is -0.892. The normalized spacial score (nSPS) is 31.3. The number of likely N-dealkylation sites (tertiary alicyclic amines) is 1. The molecule has 0 bridgehead atoms. The number of carbonyl (C=O) groups is 2. The van der Waals surface area contributed by atoms with E-state index in [9.17, 15) is 14.7 Å². The van der Waals surface area contributed by atoms with Crippen molar-refractivity contribution in [3.05, 3.63) is 0 Å². The molecule has 2 heterocycles. The molecule has 2 atom stereocenters. The zero-order valence-electron chi connectivity index (χ0n) is 13.3. The van der Waals surface area contributed by atoms with Gasteiger partial charge in [-0.1, -0.05) is 6.92 Å². The predicted molar refractivity (Wildman–Crippen MR) is 80.3 cm³/mol. The van der Waals surface area contributed by atoms with Crippen molar-refractivity contribution in [3.8, 4) is 0 Å². The summed E-state index contributed by atoms with van der Waals surface area (Å²) < 4.78 is 0. The van der Waals surface area contributed by atoms with E-state index in [1.807, 2.05) is 4.90 Å². The average Bonchev–Trinajstić information content (AvgIpc) is 2.47. The Morgan fingerprint density at radius 1 is 1.24 bits per heavy atom. The van der Waals surface area contributed by atoms with Crippen LogP contribution in [0.3, 0.4) is 0 Å². The molecule has 2 saturated heterocycles. The number of carboxylic acid groups (broad SMARTS) is 1. The lowest BCUT2D eigenvalue weighted by Gasteiger charge is -2.46. The highest BCUT2D eigenvalue weighted by molar-refractivity contribution is 5.86. The molecule has 0 saturated carbocycles. The number of hydrogen-bond acceptors (Lipinski definition) is 3. The minimum atomic E-state index is -1.06. The second-order valence-corrected chi connectivity index (χ2v) is 6.46. The fourth-order valence-corrected chi connectivity index (χ4v) is 3.38. The van der Waals surface area contributed by atoms with E-state index in [4.69, 9.17) is 0 Å². The summed E-state index contributed by atoms with van der Waals surface area (Å²) in [5, 5.41) is 9.53. The minimum Gasteiger partial charge on any atom is -0.480 e. The van der Waals surface area contributed by atoms with E-state index >= 15 is 0 Å². The van der Waals surface area contributed by atoms with Crippen LogP contribution < -0.4 is 0 Å². The summed E-state index contributed by atoms with van der Waals surface area (Å²) in [6.07, 6.45) is 3.29. The number of likely N-dealkylation sites (N-methyl/N-ethyl adjacent to an activating group) is 1. The molecule has 2 unspecified atom stereocenters. The van der Waals surface area contributed by atoms with Crippen molar-refractivity contribution in [2.75, 3.05) is 33.2 Å². The van der Waals surface area contributed by atoms with Gasteiger partial charge in [-0.2, -0.15) is 0 Å². The number of piperazine rings is 1. The molecule has 6 nitrogen and oxygen atoms in total. The first-order valence-corrected chi connectivity index (χ1v) is 7.90. The van der Waals surface area contributed by atoms with E-state index in [0.29, 0.717) is 32.1 Å². The predicted octanol–water partition coefficient (Wildman–Crippen LogP) is 1.46. The second kappa shape index (κ2) is 6.22. The Hall–Kier alpha value is -1.30. The molecular formula is C15H27N3O3. The van der Waals surface area contributed by atoms with Gasteiger partial charge in [0, 0.05) is 32.2 Å². The van der Waals surface area contributed by atoms with Crippen molar-refractivity contribution < 1.29 is 14.7 Å². The number of rotatable bonds is 2. The Kier molecular flexibility index (Phi) is 4.76. The molecule has 2 aliphatic rings. The fraction of sp³-hybridized carbons (Fsp3) is 0.867. The van der Waals surface area contributed by atoms with Gasteiger partial charge in [-0.15, -0.1) is 0 Å². The molecule has 0 aromatic carbocycles. The molecule has 0 aliphatic carbocycles. The third kappa shape index (κ3) is 3.00. The molecule has 2 fully saturated rings. The highest BCUT2D eigenvalue weighted by Gasteiger charge is 2.45. The van der Waals surface area contributed by atoms with Gasteiger partial charge in [0.15, 0.2) is 0 Å². The van der Waals surface area contributed by atoms with Crippen LogP contribution in [0.4, 0.5) is 4.79 Å². The van der Waals surface area contributed by atoms with Crippen LogP contribution >= 0.6 is 0 Å². The van der Waals surface area contributed by atoms with E-state index in [1.165, 1.54) is 0 Å². The van der Waals surface area contributed by atoms with Crippen LogP contribution in [0.2, 0.25) is 0 Å². The Bertz CT molecular complexity index is 415. The van der Waals surface area contributed by atoms with E-state index in [1.54, 1.807) is 11.8 Å². The molecule has 0 aromatic rings. The van der Waals surface area contributed by atoms with Crippen molar-refractivity contribution in [2.24, 2.45) is 0 Å². The van der Waals surface area contributed by atoms with Gasteiger partial charge in [-0.05, 0) is 39.7 Å². The van der Waals surface area contributed by atoms with Crippen molar-refractivity contribution in [1.29, 1.82) is 0 Å². The molecule has 2 rings (SSSR count). The molecule has 0 spiro atoms. The highest BCUT2D eigenvalue weighted by atomic mass is 16.4. The number of nitrogens with zero attached hydrogens (tertiary/aromatic N) is 3. The van der Waals surface area contributed by atoms with Crippen LogP contribution in [0.25, 0.3) is 0 Å². The Labute approximate surface area is 126 Å². The maximum Gasteiger partial charge on any atom is 0.329 e. The maximum absolute atomic E-state index is 12.8. The van der Waals surface area contributed by atoms with Crippen molar-refractivity contribution >= 4 is 12.0 Å². The largest absolute Gasteiger partial charge is 0.480 e. The topological polar surface area (TPSA) is 64.1 Å². The Balaban J connectivity index is 2.12. The monoisotopic (exact) mass is 297 g/mol. The molecule has 2 amide bonds. The first-order valence-electron chi connectivity index (χ1n) is 7.90. The minimum absolute atomic E-state index is 0.105. The summed E-state index contributed by atoms with van der Waals surface area (Å²) in [5.41, 5.74) is -1.06. The summed E-state index contributed by atoms with van der Waals surface area (Å²) in [6, 6.07) is 0.259. The number of amides is 2. The summed E-state index contributed by atoms with van der Waals surface area (Å²) >= 11 is 0. The highest BCUT2D eigenvalue weighted by Crippen LogP contribution is 2.29. The van der Waals surface area contributed by atoms with Crippen LogP contribution in [-0.2, 0) is 4.79 Å². The number of carboxylic acids is 1. The Morgan fingerprint density at radius 3 is 2.57 bits per heavy atom. The van der Waals surface area contributed by atoms with E-state index < -0.39 is 11.5 Å². The van der Waals surface area contributed by atoms with Crippen LogP contribution in [0.1, 0.15) is 39.5 Å². The first-order chi connectivity index (χ1) is 9.90. The zero-order chi connectivity index (χ0) is 15.6. The van der Waals surface area contributed by atoms with Gasteiger partial charge in [0.05, 0.1) is 0 Å². The van der Waals surface area contributed by atoms with E-state index in [0.717, 1.165) is 25.8 Å². The summed E-state index contributed by atoms with van der Waals surface area (Å²) in [7, 11) is 2.08. The van der Waals surface area contributed by atoms with E-state index in [2.05, 4.69) is 18.9 Å². The van der Waals surface area contributed by atoms with Crippen molar-refractivity contribution in [1.82, 2.24) is 14.7 Å². The van der Waals surface area contributed by atoms with Crippen LogP contribution in [0, 0.1) is 0 Å². The van der Waals surface area contributed by atoms with Gasteiger partial charge in [0.1, 0.15) is 5.54 Å². The first kappa shape index (κ1) is 16.1. The number of aliphatic carboxylic acids is 1. The third-order valence-corrected chi connectivity index (χ3v) is 5.10. The lowest BCUT2D eigenvalue weighted by molar-refractivity contribution is -0.151. The van der Waals surface area contributed by atoms with Gasteiger partial charge in [0.25, 0.3) is 0 Å². The molecule has 0 radical (unpaired) electrons. The van der Waals surface area contributed by atoms with Gasteiger partial charge in [-0.3, -0.25) is 4.90 Å². The summed E-state index contributed by atoms with van der Waals surface area (Å²) in [4.78, 5) is 30.1. The fourth-order valence-electron chi connectivity index (χ4n) is 3.38. The second-order valence-electron chi connectivity index (χ2n) is 6.46. The third-order valence-electron chi connectivity index (χ3n) is 5.10. The number of hydrogen-bond donors (Lipinski definition) is 1.